The summed E-state index contributed by atoms with van der Waals surface area (Å²) in [6, 6.07) is 7.47. The topological polar surface area (TPSA) is 96.3 Å². The Hall–Kier alpha value is -3.23. The van der Waals surface area contributed by atoms with Gasteiger partial charge in [-0.15, -0.1) is 0 Å². The number of rotatable bonds is 5. The lowest BCUT2D eigenvalue weighted by molar-refractivity contribution is -0.132. The van der Waals surface area contributed by atoms with Crippen LogP contribution in [0.3, 0.4) is 0 Å². The van der Waals surface area contributed by atoms with E-state index in [0.717, 1.165) is 18.4 Å². The summed E-state index contributed by atoms with van der Waals surface area (Å²) in [5, 5.41) is 9.90. The summed E-state index contributed by atoms with van der Waals surface area (Å²) in [5.74, 6) is -1.40. The van der Waals surface area contributed by atoms with Gasteiger partial charge in [-0.25, -0.2) is 4.39 Å². The fourth-order valence-electron chi connectivity index (χ4n) is 3.30. The van der Waals surface area contributed by atoms with Crippen molar-refractivity contribution in [2.45, 2.75) is 44.4 Å². The number of hydrogen-bond acceptors (Lipinski definition) is 4. The van der Waals surface area contributed by atoms with Crippen LogP contribution in [0.15, 0.2) is 30.3 Å². The van der Waals surface area contributed by atoms with Crippen LogP contribution in [0.2, 0.25) is 0 Å². The molecule has 0 bridgehead atoms. The molecule has 1 fully saturated rings. The highest BCUT2D eigenvalue weighted by Crippen LogP contribution is 2.26. The van der Waals surface area contributed by atoms with Gasteiger partial charge >= 0.3 is 0 Å². The standard InChI is InChI=1S/C20H22FN5O3/c1-20(19(29)22-10-12-3-5-13(21)6-4-12)11-26-16(18(28)25(20)2)9-15(24-26)17(27)23-14-7-8-14/h3-6,9,14H,7-8,10-11H2,1-2H3,(H,22,29)(H,23,27)/t20-/m0/s1. The third-order valence-electron chi connectivity index (χ3n) is 5.50. The first-order chi connectivity index (χ1) is 13.8. The van der Waals surface area contributed by atoms with Gasteiger partial charge in [0.1, 0.15) is 17.1 Å². The number of carbonyl (C=O) groups is 3. The Morgan fingerprint density at radius 1 is 1.28 bits per heavy atom. The zero-order valence-electron chi connectivity index (χ0n) is 16.2. The first-order valence-corrected chi connectivity index (χ1v) is 9.47. The van der Waals surface area contributed by atoms with E-state index in [1.807, 2.05) is 0 Å². The molecule has 2 aromatic rings. The molecule has 0 saturated heterocycles. The minimum atomic E-state index is -1.18. The van der Waals surface area contributed by atoms with Crippen LogP contribution in [0.1, 0.15) is 46.3 Å². The third-order valence-corrected chi connectivity index (χ3v) is 5.50. The smallest absolute Gasteiger partial charge is 0.272 e. The molecule has 3 amide bonds. The molecule has 1 aliphatic carbocycles. The first kappa shape index (κ1) is 19.1. The number of likely N-dealkylation sites (N-methyl/N-ethyl adjacent to an activating group) is 1. The minimum absolute atomic E-state index is 0.122. The summed E-state index contributed by atoms with van der Waals surface area (Å²) >= 11 is 0. The molecule has 8 nitrogen and oxygen atoms in total. The van der Waals surface area contributed by atoms with Crippen molar-refractivity contribution in [3.63, 3.8) is 0 Å². The number of fused-ring (bicyclic) bond motifs is 1. The zero-order valence-corrected chi connectivity index (χ0v) is 16.2. The van der Waals surface area contributed by atoms with Crippen molar-refractivity contribution in [1.29, 1.82) is 0 Å². The van der Waals surface area contributed by atoms with E-state index < -0.39 is 5.54 Å². The average molecular weight is 399 g/mol. The fraction of sp³-hybridized carbons (Fsp3) is 0.400. The van der Waals surface area contributed by atoms with E-state index in [9.17, 15) is 18.8 Å². The van der Waals surface area contributed by atoms with Gasteiger partial charge in [0.05, 0.1) is 6.54 Å². The molecular formula is C20H22FN5O3. The molecule has 2 heterocycles. The van der Waals surface area contributed by atoms with E-state index in [1.165, 1.54) is 27.8 Å². The van der Waals surface area contributed by atoms with Crippen molar-refractivity contribution in [2.24, 2.45) is 0 Å². The maximum absolute atomic E-state index is 13.0. The van der Waals surface area contributed by atoms with Crippen molar-refractivity contribution in [3.8, 4) is 0 Å². The maximum Gasteiger partial charge on any atom is 0.272 e. The molecule has 0 spiro atoms. The highest BCUT2D eigenvalue weighted by molar-refractivity contribution is 6.01. The zero-order chi connectivity index (χ0) is 20.8. The molecule has 4 rings (SSSR count). The number of nitrogens with zero attached hydrogens (tertiary/aromatic N) is 3. The van der Waals surface area contributed by atoms with Crippen LogP contribution >= 0.6 is 0 Å². The fourth-order valence-corrected chi connectivity index (χ4v) is 3.30. The van der Waals surface area contributed by atoms with Crippen LogP contribution in [-0.4, -0.2) is 51.0 Å². The molecule has 1 saturated carbocycles. The lowest BCUT2D eigenvalue weighted by atomic mass is 9.96. The summed E-state index contributed by atoms with van der Waals surface area (Å²) in [6.45, 7) is 1.98. The van der Waals surface area contributed by atoms with Crippen LogP contribution < -0.4 is 10.6 Å². The van der Waals surface area contributed by atoms with E-state index in [1.54, 1.807) is 26.1 Å². The van der Waals surface area contributed by atoms with Crippen LogP contribution in [-0.2, 0) is 17.9 Å². The van der Waals surface area contributed by atoms with Crippen molar-refractivity contribution < 1.29 is 18.8 Å². The van der Waals surface area contributed by atoms with Gasteiger partial charge in [0.15, 0.2) is 5.69 Å². The van der Waals surface area contributed by atoms with E-state index >= 15 is 0 Å². The van der Waals surface area contributed by atoms with Crippen molar-refractivity contribution >= 4 is 17.7 Å². The summed E-state index contributed by atoms with van der Waals surface area (Å²) in [4.78, 5) is 39.4. The Kier molecular flexibility index (Phi) is 4.60. The van der Waals surface area contributed by atoms with Crippen molar-refractivity contribution in [2.75, 3.05) is 7.05 Å². The van der Waals surface area contributed by atoms with Gasteiger partial charge in [-0.1, -0.05) is 12.1 Å². The summed E-state index contributed by atoms with van der Waals surface area (Å²) in [7, 11) is 1.56. The quantitative estimate of drug-likeness (QED) is 0.786. The lowest BCUT2D eigenvalue weighted by Gasteiger charge is -2.40. The SMILES string of the molecule is CN1C(=O)c2cc(C(=O)NC3CC3)nn2C[C@@]1(C)C(=O)NCc1ccc(F)cc1. The second-order valence-electron chi connectivity index (χ2n) is 7.77. The van der Waals surface area contributed by atoms with Crippen LogP contribution in [0.4, 0.5) is 4.39 Å². The maximum atomic E-state index is 13.0. The molecule has 0 unspecified atom stereocenters. The van der Waals surface area contributed by atoms with Gasteiger partial charge in [0.2, 0.25) is 5.91 Å². The van der Waals surface area contributed by atoms with Crippen LogP contribution in [0.25, 0.3) is 0 Å². The normalized spacial score (nSPS) is 20.9. The van der Waals surface area contributed by atoms with Gasteiger partial charge in [-0.2, -0.15) is 5.10 Å². The number of carbonyl (C=O) groups excluding carboxylic acids is 3. The number of hydrogen-bond donors (Lipinski definition) is 2. The number of amides is 3. The Morgan fingerprint density at radius 2 is 1.97 bits per heavy atom. The Bertz CT molecular complexity index is 983. The van der Waals surface area contributed by atoms with Crippen molar-refractivity contribution in [3.05, 3.63) is 53.1 Å². The molecule has 29 heavy (non-hydrogen) atoms. The monoisotopic (exact) mass is 399 g/mol. The van der Waals surface area contributed by atoms with E-state index in [0.29, 0.717) is 0 Å². The summed E-state index contributed by atoms with van der Waals surface area (Å²) in [6.07, 6.45) is 1.90. The van der Waals surface area contributed by atoms with Gasteiger partial charge in [-0.3, -0.25) is 19.1 Å². The molecule has 1 atom stereocenters. The Labute approximate surface area is 167 Å². The molecule has 2 aliphatic rings. The highest BCUT2D eigenvalue weighted by Gasteiger charge is 2.46. The first-order valence-electron chi connectivity index (χ1n) is 9.47. The third kappa shape index (κ3) is 3.59. The number of benzene rings is 1. The Balaban J connectivity index is 1.51. The number of aromatic nitrogens is 2. The predicted octanol–water partition coefficient (Wildman–Crippen LogP) is 1.08. The molecule has 2 N–H and O–H groups in total. The molecule has 1 aromatic carbocycles. The van der Waals surface area contributed by atoms with Crippen LogP contribution in [0, 0.1) is 5.82 Å². The summed E-state index contributed by atoms with van der Waals surface area (Å²) < 4.78 is 14.5. The largest absolute Gasteiger partial charge is 0.350 e. The molecule has 1 aromatic heterocycles. The molecular weight excluding hydrogens is 377 g/mol. The minimum Gasteiger partial charge on any atom is -0.350 e. The molecule has 1 aliphatic heterocycles. The van der Waals surface area contributed by atoms with Crippen LogP contribution in [0.5, 0.6) is 0 Å². The Morgan fingerprint density at radius 3 is 2.62 bits per heavy atom. The number of nitrogens with one attached hydrogen (secondary N) is 2. The van der Waals surface area contributed by atoms with Gasteiger partial charge in [0, 0.05) is 25.7 Å². The highest BCUT2D eigenvalue weighted by atomic mass is 19.1. The van der Waals surface area contributed by atoms with E-state index in [4.69, 9.17) is 0 Å². The van der Waals surface area contributed by atoms with Crippen molar-refractivity contribution in [1.82, 2.24) is 25.3 Å². The van der Waals surface area contributed by atoms with Gasteiger partial charge < -0.3 is 15.5 Å². The number of halogens is 1. The lowest BCUT2D eigenvalue weighted by Crippen LogP contribution is -2.62. The molecule has 0 radical (unpaired) electrons. The molecule has 152 valence electrons. The van der Waals surface area contributed by atoms with Gasteiger partial charge in [0.25, 0.3) is 11.8 Å². The second-order valence-corrected chi connectivity index (χ2v) is 7.77. The van der Waals surface area contributed by atoms with E-state index in [-0.39, 0.29) is 54.1 Å². The summed E-state index contributed by atoms with van der Waals surface area (Å²) in [5.41, 5.74) is 0.00854. The second kappa shape index (κ2) is 6.98. The average Bonchev–Trinajstić information content (AvgIpc) is 3.41. The predicted molar refractivity (Wildman–Crippen MR) is 101 cm³/mol. The molecule has 9 heteroatoms. The van der Waals surface area contributed by atoms with Gasteiger partial charge in [-0.05, 0) is 37.5 Å². The van der Waals surface area contributed by atoms with E-state index in [2.05, 4.69) is 15.7 Å².